The van der Waals surface area contributed by atoms with Crippen molar-refractivity contribution >= 4 is 5.91 Å². The highest BCUT2D eigenvalue weighted by Gasteiger charge is 2.14. The molecular weight excluding hydrogens is 350 g/mol. The molecule has 3 aromatic rings. The second-order valence-electron chi connectivity index (χ2n) is 5.87. The lowest BCUT2D eigenvalue weighted by Gasteiger charge is -2.12. The number of nitrogens with zero attached hydrogens (tertiary/aromatic N) is 1. The van der Waals surface area contributed by atoms with E-state index in [0.717, 1.165) is 11.3 Å². The molecule has 0 saturated heterocycles. The van der Waals surface area contributed by atoms with Crippen molar-refractivity contribution in [1.82, 2.24) is 15.5 Å². The predicted octanol–water partition coefficient (Wildman–Crippen LogP) is 1.99. The van der Waals surface area contributed by atoms with Crippen molar-refractivity contribution in [2.75, 3.05) is 20.3 Å². The number of carbonyl (C=O) groups excluding carboxylic acids is 1. The number of rotatable bonds is 9. The molecule has 0 saturated carbocycles. The summed E-state index contributed by atoms with van der Waals surface area (Å²) >= 11 is 0. The highest BCUT2D eigenvalue weighted by atomic mass is 16.5. The third-order valence-corrected chi connectivity index (χ3v) is 3.83. The molecule has 2 aromatic heterocycles. The highest BCUT2D eigenvalue weighted by molar-refractivity contribution is 5.93. The Labute approximate surface area is 156 Å². The summed E-state index contributed by atoms with van der Waals surface area (Å²) in [5.41, 5.74) is 1.79. The number of methoxy groups -OCH3 is 1. The molecule has 142 valence electrons. The van der Waals surface area contributed by atoms with Crippen LogP contribution in [0.1, 0.15) is 16.1 Å². The molecule has 0 aliphatic carbocycles. The lowest BCUT2D eigenvalue weighted by Crippen LogP contribution is -2.34. The second kappa shape index (κ2) is 9.02. The van der Waals surface area contributed by atoms with Gasteiger partial charge in [0.1, 0.15) is 11.4 Å². The van der Waals surface area contributed by atoms with Gasteiger partial charge < -0.3 is 24.3 Å². The van der Waals surface area contributed by atoms with Crippen LogP contribution in [0.5, 0.6) is 5.75 Å². The molecule has 0 spiro atoms. The molecule has 27 heavy (non-hydrogen) atoms. The number of furan rings is 1. The summed E-state index contributed by atoms with van der Waals surface area (Å²) in [6.07, 6.45) is 0.716. The van der Waals surface area contributed by atoms with E-state index in [9.17, 15) is 9.90 Å². The van der Waals surface area contributed by atoms with Crippen LogP contribution in [0.4, 0.5) is 0 Å². The van der Waals surface area contributed by atoms with Crippen LogP contribution in [-0.2, 0) is 11.3 Å². The molecule has 0 aliphatic rings. The maximum absolute atomic E-state index is 12.1. The fraction of sp³-hybridized carbons (Fsp3) is 0.263. The van der Waals surface area contributed by atoms with Crippen LogP contribution in [0.3, 0.4) is 0 Å². The SMILES string of the molecule is COc1ccc(COCC(O)CNC(=O)c2cc(-c3ccco3)[nH]n2)cc1. The monoisotopic (exact) mass is 371 g/mol. The van der Waals surface area contributed by atoms with Crippen LogP contribution in [0.25, 0.3) is 11.5 Å². The van der Waals surface area contributed by atoms with Gasteiger partial charge in [0, 0.05) is 12.6 Å². The summed E-state index contributed by atoms with van der Waals surface area (Å²) in [7, 11) is 1.61. The van der Waals surface area contributed by atoms with E-state index in [1.54, 1.807) is 25.3 Å². The molecule has 3 N–H and O–H groups in total. The molecule has 1 atom stereocenters. The minimum absolute atomic E-state index is 0.0599. The molecule has 0 fully saturated rings. The second-order valence-corrected chi connectivity index (χ2v) is 5.87. The van der Waals surface area contributed by atoms with Crippen molar-refractivity contribution in [2.45, 2.75) is 12.7 Å². The summed E-state index contributed by atoms with van der Waals surface area (Å²) < 4.78 is 15.8. The number of aliphatic hydroxyl groups excluding tert-OH is 1. The van der Waals surface area contributed by atoms with Gasteiger partial charge in [0.25, 0.3) is 5.91 Å². The molecule has 3 rings (SSSR count). The van der Waals surface area contributed by atoms with Crippen LogP contribution >= 0.6 is 0 Å². The van der Waals surface area contributed by atoms with Crippen molar-refractivity contribution in [3.05, 3.63) is 60.0 Å². The summed E-state index contributed by atoms with van der Waals surface area (Å²) in [6.45, 7) is 0.524. The molecular formula is C19H21N3O5. The van der Waals surface area contributed by atoms with Crippen LogP contribution in [0.15, 0.2) is 53.1 Å². The fourth-order valence-corrected chi connectivity index (χ4v) is 2.39. The number of benzene rings is 1. The van der Waals surface area contributed by atoms with Gasteiger partial charge in [-0.1, -0.05) is 12.1 Å². The summed E-state index contributed by atoms with van der Waals surface area (Å²) in [5.74, 6) is 0.974. The molecule has 8 nitrogen and oxygen atoms in total. The van der Waals surface area contributed by atoms with Crippen molar-refractivity contribution < 1.29 is 23.8 Å². The maximum Gasteiger partial charge on any atom is 0.271 e. The Morgan fingerprint density at radius 2 is 2.15 bits per heavy atom. The van der Waals surface area contributed by atoms with E-state index in [-0.39, 0.29) is 18.8 Å². The largest absolute Gasteiger partial charge is 0.497 e. The first-order valence-corrected chi connectivity index (χ1v) is 8.42. The van der Waals surface area contributed by atoms with Crippen LogP contribution in [-0.4, -0.2) is 47.6 Å². The zero-order valence-corrected chi connectivity index (χ0v) is 14.8. The first kappa shape index (κ1) is 18.7. The van der Waals surface area contributed by atoms with Crippen LogP contribution < -0.4 is 10.1 Å². The number of hydrogen-bond acceptors (Lipinski definition) is 6. The Balaban J connectivity index is 1.39. The van der Waals surface area contributed by atoms with Crippen molar-refractivity contribution in [2.24, 2.45) is 0 Å². The highest BCUT2D eigenvalue weighted by Crippen LogP contribution is 2.17. The smallest absolute Gasteiger partial charge is 0.271 e. The zero-order valence-electron chi connectivity index (χ0n) is 14.8. The normalized spacial score (nSPS) is 11.9. The number of nitrogens with one attached hydrogen (secondary N) is 2. The Hall–Kier alpha value is -3.10. The quantitative estimate of drug-likeness (QED) is 0.531. The van der Waals surface area contributed by atoms with Crippen LogP contribution in [0, 0.1) is 0 Å². The lowest BCUT2D eigenvalue weighted by molar-refractivity contribution is 0.0284. The molecule has 8 heteroatoms. The van der Waals surface area contributed by atoms with Gasteiger partial charge in [0.15, 0.2) is 11.5 Å². The number of ether oxygens (including phenoxy) is 2. The van der Waals surface area contributed by atoms with E-state index in [1.807, 2.05) is 24.3 Å². The zero-order chi connectivity index (χ0) is 19.1. The van der Waals surface area contributed by atoms with E-state index >= 15 is 0 Å². The fourth-order valence-electron chi connectivity index (χ4n) is 2.39. The molecule has 0 radical (unpaired) electrons. The first-order valence-electron chi connectivity index (χ1n) is 8.42. The average molecular weight is 371 g/mol. The molecule has 1 unspecified atom stereocenters. The number of aliphatic hydroxyl groups is 1. The van der Waals surface area contributed by atoms with Gasteiger partial charge in [-0.25, -0.2) is 0 Å². The predicted molar refractivity (Wildman–Crippen MR) is 97.3 cm³/mol. The number of aromatic nitrogens is 2. The Kier molecular flexibility index (Phi) is 6.24. The van der Waals surface area contributed by atoms with Crippen LogP contribution in [0.2, 0.25) is 0 Å². The van der Waals surface area contributed by atoms with Gasteiger partial charge in [0.2, 0.25) is 0 Å². The van der Waals surface area contributed by atoms with E-state index < -0.39 is 12.0 Å². The molecule has 0 aliphatic heterocycles. The van der Waals surface area contributed by atoms with Gasteiger partial charge >= 0.3 is 0 Å². The van der Waals surface area contributed by atoms with Gasteiger partial charge in [-0.05, 0) is 29.8 Å². The van der Waals surface area contributed by atoms with Gasteiger partial charge in [-0.15, -0.1) is 0 Å². The molecule has 0 bridgehead atoms. The topological polar surface area (TPSA) is 110 Å². The van der Waals surface area contributed by atoms with E-state index in [0.29, 0.717) is 18.1 Å². The van der Waals surface area contributed by atoms with Crippen molar-refractivity contribution in [3.8, 4) is 17.2 Å². The van der Waals surface area contributed by atoms with E-state index in [4.69, 9.17) is 13.9 Å². The number of carbonyl (C=O) groups is 1. The van der Waals surface area contributed by atoms with Crippen molar-refractivity contribution in [3.63, 3.8) is 0 Å². The van der Waals surface area contributed by atoms with E-state index in [2.05, 4.69) is 15.5 Å². The van der Waals surface area contributed by atoms with Gasteiger partial charge in [0.05, 0.1) is 32.7 Å². The lowest BCUT2D eigenvalue weighted by atomic mass is 10.2. The first-order chi connectivity index (χ1) is 13.2. The third-order valence-electron chi connectivity index (χ3n) is 3.83. The van der Waals surface area contributed by atoms with E-state index in [1.165, 1.54) is 6.26 Å². The number of hydrogen-bond donors (Lipinski definition) is 3. The minimum Gasteiger partial charge on any atom is -0.497 e. The maximum atomic E-state index is 12.1. The minimum atomic E-state index is -0.823. The Morgan fingerprint density at radius 3 is 2.85 bits per heavy atom. The summed E-state index contributed by atoms with van der Waals surface area (Å²) in [5, 5.41) is 19.3. The standard InChI is InChI=1S/C19H21N3O5/c1-25-15-6-4-13(5-7-15)11-26-12-14(23)10-20-19(24)17-9-16(21-22-17)18-3-2-8-27-18/h2-9,14,23H,10-12H2,1H3,(H,20,24)(H,21,22). The summed E-state index contributed by atoms with van der Waals surface area (Å²) in [6, 6.07) is 12.6. The average Bonchev–Trinajstić information content (AvgIpc) is 3.38. The third kappa shape index (κ3) is 5.19. The molecule has 1 aromatic carbocycles. The Bertz CT molecular complexity index is 843. The number of H-pyrrole nitrogens is 1. The Morgan fingerprint density at radius 1 is 1.33 bits per heavy atom. The molecule has 2 heterocycles. The number of aromatic amines is 1. The van der Waals surface area contributed by atoms with Crippen molar-refractivity contribution in [1.29, 1.82) is 0 Å². The van der Waals surface area contributed by atoms with Gasteiger partial charge in [-0.3, -0.25) is 9.89 Å². The molecule has 1 amide bonds. The number of amides is 1. The van der Waals surface area contributed by atoms with Gasteiger partial charge in [-0.2, -0.15) is 5.10 Å². The summed E-state index contributed by atoms with van der Waals surface area (Å²) in [4.78, 5) is 12.1.